The van der Waals surface area contributed by atoms with E-state index >= 15 is 0 Å². The number of hydrogen-bond acceptors (Lipinski definition) is 4. The van der Waals surface area contributed by atoms with Crippen molar-refractivity contribution < 1.29 is 8.83 Å². The maximum atomic E-state index is 5.67. The highest BCUT2D eigenvalue weighted by Gasteiger charge is 2.10. The van der Waals surface area contributed by atoms with E-state index in [1.807, 2.05) is 26.0 Å². The molecule has 0 bridgehead atoms. The third-order valence-corrected chi connectivity index (χ3v) is 2.03. The van der Waals surface area contributed by atoms with E-state index in [0.717, 1.165) is 11.5 Å². The van der Waals surface area contributed by atoms with Gasteiger partial charge in [-0.25, -0.2) is 4.98 Å². The molecule has 0 amide bonds. The summed E-state index contributed by atoms with van der Waals surface area (Å²) in [6, 6.07) is 3.81. The molecule has 0 aliphatic carbocycles. The third kappa shape index (κ3) is 2.27. The Morgan fingerprint density at radius 2 is 2.27 bits per heavy atom. The van der Waals surface area contributed by atoms with Gasteiger partial charge in [0.2, 0.25) is 0 Å². The summed E-state index contributed by atoms with van der Waals surface area (Å²) < 4.78 is 10.7. The first-order chi connectivity index (χ1) is 7.15. The molecule has 2 aromatic rings. The molecule has 1 atom stereocenters. The van der Waals surface area contributed by atoms with Gasteiger partial charge in [0, 0.05) is 12.5 Å². The predicted octanol–water partition coefficient (Wildman–Crippen LogP) is 2.13. The lowest BCUT2D eigenvalue weighted by atomic mass is 10.2. The highest BCUT2D eigenvalue weighted by Crippen LogP contribution is 2.21. The molecule has 0 aliphatic rings. The molecule has 0 aromatic carbocycles. The molecule has 2 N–H and O–H groups in total. The van der Waals surface area contributed by atoms with Gasteiger partial charge < -0.3 is 14.6 Å². The van der Waals surface area contributed by atoms with Gasteiger partial charge in [-0.05, 0) is 26.0 Å². The monoisotopic (exact) mass is 206 g/mol. The van der Waals surface area contributed by atoms with Crippen LogP contribution in [0.25, 0.3) is 11.7 Å². The van der Waals surface area contributed by atoms with E-state index < -0.39 is 0 Å². The Morgan fingerprint density at radius 3 is 2.87 bits per heavy atom. The molecular formula is C11H14N2O2. The van der Waals surface area contributed by atoms with E-state index in [1.54, 1.807) is 6.26 Å². The third-order valence-electron chi connectivity index (χ3n) is 2.03. The molecule has 2 aromatic heterocycles. The van der Waals surface area contributed by atoms with E-state index in [0.29, 0.717) is 18.1 Å². The van der Waals surface area contributed by atoms with Gasteiger partial charge in [0.25, 0.3) is 5.89 Å². The van der Waals surface area contributed by atoms with Crippen LogP contribution >= 0.6 is 0 Å². The van der Waals surface area contributed by atoms with Crippen LogP contribution in [0.2, 0.25) is 0 Å². The molecule has 0 spiro atoms. The van der Waals surface area contributed by atoms with Crippen LogP contribution < -0.4 is 5.73 Å². The first kappa shape index (κ1) is 9.98. The molecule has 80 valence electrons. The standard InChI is InChI=1S/C11H14N2O2/c1-7(12)5-9-6-14-11(13-9)10-4-3-8(2)15-10/h3-4,6-7H,5,12H2,1-2H3. The fraction of sp³-hybridized carbons (Fsp3) is 0.364. The molecule has 2 heterocycles. The molecule has 0 aliphatic heterocycles. The summed E-state index contributed by atoms with van der Waals surface area (Å²) in [5.74, 6) is 2.01. The van der Waals surface area contributed by atoms with Gasteiger partial charge in [0.1, 0.15) is 12.0 Å². The highest BCUT2D eigenvalue weighted by atomic mass is 16.4. The molecule has 0 radical (unpaired) electrons. The maximum Gasteiger partial charge on any atom is 0.262 e. The zero-order valence-electron chi connectivity index (χ0n) is 8.86. The van der Waals surface area contributed by atoms with E-state index in [1.165, 1.54) is 0 Å². The van der Waals surface area contributed by atoms with Crippen molar-refractivity contribution in [3.63, 3.8) is 0 Å². The van der Waals surface area contributed by atoms with Crippen LogP contribution in [0, 0.1) is 6.92 Å². The van der Waals surface area contributed by atoms with Crippen LogP contribution in [0.1, 0.15) is 18.4 Å². The first-order valence-corrected chi connectivity index (χ1v) is 4.92. The average Bonchev–Trinajstić information content (AvgIpc) is 2.72. The summed E-state index contributed by atoms with van der Waals surface area (Å²) in [6.45, 7) is 3.82. The van der Waals surface area contributed by atoms with Crippen molar-refractivity contribution in [2.45, 2.75) is 26.3 Å². The summed E-state index contributed by atoms with van der Waals surface area (Å²) in [5.41, 5.74) is 6.53. The van der Waals surface area contributed by atoms with Crippen LogP contribution in [0.4, 0.5) is 0 Å². The molecule has 0 saturated carbocycles. The van der Waals surface area contributed by atoms with E-state index in [2.05, 4.69) is 4.98 Å². The van der Waals surface area contributed by atoms with Crippen molar-refractivity contribution in [3.05, 3.63) is 29.9 Å². The summed E-state index contributed by atoms with van der Waals surface area (Å²) in [7, 11) is 0. The SMILES string of the molecule is Cc1ccc(-c2nc(CC(C)N)co2)o1. The number of nitrogens with zero attached hydrogens (tertiary/aromatic N) is 1. The van der Waals surface area contributed by atoms with Crippen LogP contribution in [-0.2, 0) is 6.42 Å². The number of hydrogen-bond donors (Lipinski definition) is 1. The van der Waals surface area contributed by atoms with Gasteiger partial charge in [0.15, 0.2) is 5.76 Å². The number of nitrogens with two attached hydrogens (primary N) is 1. The largest absolute Gasteiger partial charge is 0.456 e. The smallest absolute Gasteiger partial charge is 0.262 e. The zero-order valence-corrected chi connectivity index (χ0v) is 8.86. The molecule has 1 unspecified atom stereocenters. The molecule has 0 fully saturated rings. The molecular weight excluding hydrogens is 192 g/mol. The normalized spacial score (nSPS) is 13.0. The van der Waals surface area contributed by atoms with Gasteiger partial charge in [0.05, 0.1) is 5.69 Å². The Bertz CT molecular complexity index is 443. The Morgan fingerprint density at radius 1 is 1.47 bits per heavy atom. The van der Waals surface area contributed by atoms with Gasteiger partial charge in [-0.2, -0.15) is 0 Å². The van der Waals surface area contributed by atoms with Crippen molar-refractivity contribution in [3.8, 4) is 11.7 Å². The average molecular weight is 206 g/mol. The Kier molecular flexibility index (Phi) is 2.60. The van der Waals surface area contributed by atoms with Gasteiger partial charge >= 0.3 is 0 Å². The minimum absolute atomic E-state index is 0.0845. The Balaban J connectivity index is 2.20. The van der Waals surface area contributed by atoms with Crippen LogP contribution in [-0.4, -0.2) is 11.0 Å². The van der Waals surface area contributed by atoms with E-state index in [4.69, 9.17) is 14.6 Å². The van der Waals surface area contributed by atoms with Crippen molar-refractivity contribution in [2.75, 3.05) is 0 Å². The predicted molar refractivity (Wildman–Crippen MR) is 56.3 cm³/mol. The van der Waals surface area contributed by atoms with Crippen molar-refractivity contribution in [1.29, 1.82) is 0 Å². The lowest BCUT2D eigenvalue weighted by molar-refractivity contribution is 0.501. The molecule has 0 saturated heterocycles. The topological polar surface area (TPSA) is 65.2 Å². The number of rotatable bonds is 3. The fourth-order valence-electron chi connectivity index (χ4n) is 1.39. The van der Waals surface area contributed by atoms with Crippen molar-refractivity contribution >= 4 is 0 Å². The summed E-state index contributed by atoms with van der Waals surface area (Å²) in [5, 5.41) is 0. The number of aryl methyl sites for hydroxylation is 1. The van der Waals surface area contributed by atoms with Crippen LogP contribution in [0.3, 0.4) is 0 Å². The van der Waals surface area contributed by atoms with Crippen LogP contribution in [0.5, 0.6) is 0 Å². The quantitative estimate of drug-likeness (QED) is 0.835. The maximum absolute atomic E-state index is 5.67. The molecule has 4 heteroatoms. The fourth-order valence-corrected chi connectivity index (χ4v) is 1.39. The number of oxazole rings is 1. The number of aromatic nitrogens is 1. The van der Waals surface area contributed by atoms with Gasteiger partial charge in [-0.3, -0.25) is 0 Å². The molecule has 4 nitrogen and oxygen atoms in total. The first-order valence-electron chi connectivity index (χ1n) is 4.92. The minimum Gasteiger partial charge on any atom is -0.456 e. The molecule has 15 heavy (non-hydrogen) atoms. The zero-order chi connectivity index (χ0) is 10.8. The lowest BCUT2D eigenvalue weighted by Crippen LogP contribution is -2.17. The van der Waals surface area contributed by atoms with E-state index in [-0.39, 0.29) is 6.04 Å². The Labute approximate surface area is 88.1 Å². The minimum atomic E-state index is 0.0845. The van der Waals surface area contributed by atoms with Crippen molar-refractivity contribution in [1.82, 2.24) is 4.98 Å². The Hall–Kier alpha value is -1.55. The van der Waals surface area contributed by atoms with Gasteiger partial charge in [-0.1, -0.05) is 0 Å². The van der Waals surface area contributed by atoms with Gasteiger partial charge in [-0.15, -0.1) is 0 Å². The second-order valence-corrected chi connectivity index (χ2v) is 3.74. The highest BCUT2D eigenvalue weighted by molar-refractivity contribution is 5.44. The van der Waals surface area contributed by atoms with E-state index in [9.17, 15) is 0 Å². The summed E-state index contributed by atoms with van der Waals surface area (Å²) >= 11 is 0. The van der Waals surface area contributed by atoms with Crippen LogP contribution in [0.15, 0.2) is 27.2 Å². The lowest BCUT2D eigenvalue weighted by Gasteiger charge is -1.98. The second kappa shape index (κ2) is 3.90. The van der Waals surface area contributed by atoms with Crippen molar-refractivity contribution in [2.24, 2.45) is 5.73 Å². The summed E-state index contributed by atoms with van der Waals surface area (Å²) in [6.07, 6.45) is 2.33. The molecule has 2 rings (SSSR count). The summed E-state index contributed by atoms with van der Waals surface area (Å²) in [4.78, 5) is 4.29. The number of furan rings is 1. The second-order valence-electron chi connectivity index (χ2n) is 3.74.